The highest BCUT2D eigenvalue weighted by atomic mass is 79.9. The lowest BCUT2D eigenvalue weighted by molar-refractivity contribution is -0.262. The van der Waals surface area contributed by atoms with Gasteiger partial charge in [0, 0.05) is 11.4 Å². The lowest BCUT2D eigenvalue weighted by Crippen LogP contribution is -2.47. The largest absolute Gasteiger partial charge is 0.368 e. The zero-order valence-electron chi connectivity index (χ0n) is 17.5. The van der Waals surface area contributed by atoms with Crippen LogP contribution in [0.5, 0.6) is 0 Å². The van der Waals surface area contributed by atoms with E-state index in [1.165, 1.54) is 6.92 Å². The normalized spacial score (nSPS) is 31.0. The Hall–Kier alpha value is -0.250. The first-order valence-electron chi connectivity index (χ1n) is 10.0. The first kappa shape index (κ1) is 24.4. The lowest BCUT2D eigenvalue weighted by atomic mass is 9.97. The predicted octanol–water partition coefficient (Wildman–Crippen LogP) is 5.55. The molecule has 0 unspecified atom stereocenters. The van der Waals surface area contributed by atoms with E-state index in [1.54, 1.807) is 13.8 Å². The molecule has 2 aliphatic rings. The number of ether oxygens (including phenoxy) is 4. The molecule has 0 radical (unpaired) electrons. The van der Waals surface area contributed by atoms with Crippen LogP contribution in [-0.2, 0) is 34.6 Å². The van der Waals surface area contributed by atoms with Gasteiger partial charge in [-0.1, -0.05) is 43.5 Å². The van der Waals surface area contributed by atoms with Crippen molar-refractivity contribution in [3.63, 3.8) is 0 Å². The molecule has 0 N–H and O–H groups in total. The quantitative estimate of drug-likeness (QED) is 0.421. The number of Topliss-reactive ketones (excluding diaryl/α,β-unsaturated/α-hetero) is 1. The number of rotatable bonds is 9. The topological polar surface area (TPSA) is 63.2 Å². The minimum Gasteiger partial charge on any atom is -0.368 e. The number of halogens is 3. The highest BCUT2D eigenvalue weighted by Crippen LogP contribution is 2.48. The molecule has 0 spiro atoms. The molecular weight excluding hydrogens is 499 g/mol. The molecule has 0 aromatic heterocycles. The van der Waals surface area contributed by atoms with Crippen LogP contribution in [0, 0.1) is 0 Å². The highest BCUT2D eigenvalue weighted by molar-refractivity contribution is 9.10. The molecule has 3 rings (SSSR count). The SMILES string of the molecule is CCCC[C@H](OCl)[C@H]1O[C@]2(C(C)=O)OC(C)(C)O[C@@H]2[C@H]1OCc1cccc(Br)c1Cl. The van der Waals surface area contributed by atoms with Crippen LogP contribution in [0.3, 0.4) is 0 Å². The summed E-state index contributed by atoms with van der Waals surface area (Å²) in [6, 6.07) is 5.60. The Kier molecular flexibility index (Phi) is 7.90. The highest BCUT2D eigenvalue weighted by Gasteiger charge is 2.69. The predicted molar refractivity (Wildman–Crippen MR) is 116 cm³/mol. The van der Waals surface area contributed by atoms with Crippen molar-refractivity contribution in [1.82, 2.24) is 0 Å². The minimum absolute atomic E-state index is 0.194. The maximum atomic E-state index is 12.6. The van der Waals surface area contributed by atoms with Gasteiger partial charge < -0.3 is 18.9 Å². The third-order valence-electron chi connectivity index (χ3n) is 5.39. The zero-order chi connectivity index (χ0) is 22.1. The molecule has 30 heavy (non-hydrogen) atoms. The Morgan fingerprint density at radius 2 is 2.07 bits per heavy atom. The van der Waals surface area contributed by atoms with Crippen LogP contribution in [0.1, 0.15) is 52.5 Å². The van der Waals surface area contributed by atoms with E-state index in [0.29, 0.717) is 11.4 Å². The number of ketones is 1. The fourth-order valence-corrected chi connectivity index (χ4v) is 4.76. The smallest absolute Gasteiger partial charge is 0.261 e. The summed E-state index contributed by atoms with van der Waals surface area (Å²) in [7, 11) is 0. The number of unbranched alkanes of at least 4 members (excludes halogenated alkanes) is 1. The second-order valence-electron chi connectivity index (χ2n) is 8.10. The van der Waals surface area contributed by atoms with Gasteiger partial charge in [0.15, 0.2) is 17.7 Å². The fraction of sp³-hybridized carbons (Fsp3) is 0.667. The van der Waals surface area contributed by atoms with Gasteiger partial charge in [0.1, 0.15) is 18.3 Å². The van der Waals surface area contributed by atoms with Crippen molar-refractivity contribution in [3.8, 4) is 0 Å². The van der Waals surface area contributed by atoms with Gasteiger partial charge in [-0.25, -0.2) is 0 Å². The van der Waals surface area contributed by atoms with E-state index >= 15 is 0 Å². The third-order valence-corrected chi connectivity index (χ3v) is 6.96. The summed E-state index contributed by atoms with van der Waals surface area (Å²) in [6.45, 7) is 7.17. The molecule has 1 aromatic carbocycles. The van der Waals surface area contributed by atoms with E-state index in [4.69, 9.17) is 46.7 Å². The molecule has 0 amide bonds. The van der Waals surface area contributed by atoms with Gasteiger partial charge in [0.05, 0.1) is 23.5 Å². The molecule has 5 atom stereocenters. The van der Waals surface area contributed by atoms with E-state index in [9.17, 15) is 4.79 Å². The summed E-state index contributed by atoms with van der Waals surface area (Å²) in [4.78, 5) is 12.6. The maximum Gasteiger partial charge on any atom is 0.261 e. The van der Waals surface area contributed by atoms with Crippen LogP contribution < -0.4 is 0 Å². The Morgan fingerprint density at radius 1 is 1.33 bits per heavy atom. The van der Waals surface area contributed by atoms with Gasteiger partial charge in [0.2, 0.25) is 0 Å². The Bertz CT molecular complexity index is 776. The molecule has 2 saturated heterocycles. The van der Waals surface area contributed by atoms with Gasteiger partial charge in [-0.15, -0.1) is 0 Å². The van der Waals surface area contributed by atoms with Crippen LogP contribution >= 0.6 is 39.4 Å². The van der Waals surface area contributed by atoms with E-state index in [1.807, 2.05) is 18.2 Å². The standard InChI is InChI=1S/C21H27BrCl2O6/c1-5-6-10-15(29-24)17-18(26-11-13-8-7-9-14(22)16(13)23)19-21(27-17,12(2)25)30-20(3,4)28-19/h7-9,15,17-19H,5-6,10-11H2,1-4H3/t15-,17+,18-,19+,21+/m0/s1. The van der Waals surface area contributed by atoms with Crippen molar-refractivity contribution in [1.29, 1.82) is 0 Å². The summed E-state index contributed by atoms with van der Waals surface area (Å²) in [6.07, 6.45) is -0.0670. The fourth-order valence-electron chi connectivity index (χ4n) is 3.98. The molecule has 1 aromatic rings. The summed E-state index contributed by atoms with van der Waals surface area (Å²) < 4.78 is 30.5. The van der Waals surface area contributed by atoms with Crippen molar-refractivity contribution in [2.45, 2.75) is 89.6 Å². The minimum atomic E-state index is -1.57. The summed E-state index contributed by atoms with van der Waals surface area (Å²) in [5.41, 5.74) is 0.792. The molecule has 0 aliphatic carbocycles. The number of fused-ring (bicyclic) bond motifs is 1. The average Bonchev–Trinajstić information content (AvgIpc) is 3.12. The first-order valence-corrected chi connectivity index (χ1v) is 11.5. The van der Waals surface area contributed by atoms with Crippen LogP contribution in [0.25, 0.3) is 0 Å². The van der Waals surface area contributed by atoms with Crippen LogP contribution in [0.15, 0.2) is 22.7 Å². The maximum absolute atomic E-state index is 12.6. The molecule has 2 heterocycles. The average molecular weight is 526 g/mol. The van der Waals surface area contributed by atoms with E-state index < -0.39 is 36.0 Å². The van der Waals surface area contributed by atoms with Crippen molar-refractivity contribution in [2.75, 3.05) is 0 Å². The molecule has 2 fully saturated rings. The Balaban J connectivity index is 1.91. The number of benzene rings is 1. The van der Waals surface area contributed by atoms with Crippen molar-refractivity contribution < 1.29 is 28.0 Å². The number of carbonyl (C=O) groups excluding carboxylic acids is 1. The number of hydrogen-bond donors (Lipinski definition) is 0. The van der Waals surface area contributed by atoms with E-state index in [-0.39, 0.29) is 12.4 Å². The molecule has 2 aliphatic heterocycles. The number of hydrogen-bond acceptors (Lipinski definition) is 6. The summed E-state index contributed by atoms with van der Waals surface area (Å²) >= 11 is 15.6. The molecular formula is C21H27BrCl2O6. The Morgan fingerprint density at radius 3 is 2.70 bits per heavy atom. The molecule has 9 heteroatoms. The molecule has 0 bridgehead atoms. The second kappa shape index (κ2) is 9.71. The van der Waals surface area contributed by atoms with E-state index in [2.05, 4.69) is 22.9 Å². The van der Waals surface area contributed by atoms with Crippen molar-refractivity contribution >= 4 is 45.2 Å². The molecule has 168 valence electrons. The van der Waals surface area contributed by atoms with Crippen molar-refractivity contribution in [2.24, 2.45) is 0 Å². The number of carbonyl (C=O) groups is 1. The first-order chi connectivity index (χ1) is 14.1. The van der Waals surface area contributed by atoms with Crippen LogP contribution in [-0.4, -0.2) is 41.8 Å². The van der Waals surface area contributed by atoms with Crippen molar-refractivity contribution in [3.05, 3.63) is 33.3 Å². The molecule has 0 saturated carbocycles. The van der Waals surface area contributed by atoms with Gasteiger partial charge in [-0.3, -0.25) is 9.08 Å². The van der Waals surface area contributed by atoms with E-state index in [0.717, 1.165) is 22.9 Å². The van der Waals surface area contributed by atoms with Gasteiger partial charge in [-0.05, 0) is 47.8 Å². The zero-order valence-corrected chi connectivity index (χ0v) is 20.6. The van der Waals surface area contributed by atoms with Gasteiger partial charge in [0.25, 0.3) is 5.79 Å². The van der Waals surface area contributed by atoms with Crippen LogP contribution in [0.4, 0.5) is 0 Å². The third kappa shape index (κ3) is 4.74. The van der Waals surface area contributed by atoms with Crippen LogP contribution in [0.2, 0.25) is 5.02 Å². The Labute approximate surface area is 195 Å². The molecule has 6 nitrogen and oxygen atoms in total. The lowest BCUT2D eigenvalue weighted by Gasteiger charge is -2.30. The second-order valence-corrected chi connectivity index (χ2v) is 9.52. The van der Waals surface area contributed by atoms with Gasteiger partial charge in [-0.2, -0.15) is 0 Å². The monoisotopic (exact) mass is 524 g/mol. The van der Waals surface area contributed by atoms with Gasteiger partial charge >= 0.3 is 0 Å². The summed E-state index contributed by atoms with van der Waals surface area (Å²) in [5, 5.41) is 0.561. The summed E-state index contributed by atoms with van der Waals surface area (Å²) in [5.74, 6) is -2.87.